The van der Waals surface area contributed by atoms with Gasteiger partial charge in [0.05, 0.1) is 6.42 Å². The number of hydrogen-bond acceptors (Lipinski definition) is 2. The minimum Gasteiger partial charge on any atom is -0.383 e. The molecule has 0 bridgehead atoms. The number of anilines is 1. The number of unbranched alkanes of at least 4 members (excludes halogenated alkanes) is 1. The second-order valence-electron chi connectivity index (χ2n) is 5.35. The zero-order chi connectivity index (χ0) is 14.3. The Balaban J connectivity index is 2.49. The lowest BCUT2D eigenvalue weighted by Crippen LogP contribution is -2.23. The molecule has 0 aromatic heterocycles. The first-order chi connectivity index (χ1) is 9.02. The summed E-state index contributed by atoms with van der Waals surface area (Å²) in [5.74, 6) is 0.136. The van der Waals surface area contributed by atoms with Crippen LogP contribution in [0, 0.1) is 0 Å². The number of nitrogens with one attached hydrogen (secondary N) is 1. The number of rotatable bonds is 7. The van der Waals surface area contributed by atoms with Gasteiger partial charge in [-0.05, 0) is 31.0 Å². The molecule has 1 rings (SSSR count). The zero-order valence-electron chi connectivity index (χ0n) is 12.6. The maximum atomic E-state index is 11.6. The van der Waals surface area contributed by atoms with Crippen LogP contribution in [-0.4, -0.2) is 30.9 Å². The first-order valence-corrected chi connectivity index (χ1v) is 7.08. The molecule has 3 heteroatoms. The third-order valence-electron chi connectivity index (χ3n) is 3.21. The van der Waals surface area contributed by atoms with Gasteiger partial charge in [0.1, 0.15) is 0 Å². The quantitative estimate of drug-likeness (QED) is 0.817. The topological polar surface area (TPSA) is 32.3 Å². The summed E-state index contributed by atoms with van der Waals surface area (Å²) in [6.45, 7) is 4.42. The van der Waals surface area contributed by atoms with E-state index in [2.05, 4.69) is 31.3 Å². The molecular formula is C16H26N2O. The van der Waals surface area contributed by atoms with Crippen molar-refractivity contribution >= 4 is 11.6 Å². The van der Waals surface area contributed by atoms with E-state index < -0.39 is 0 Å². The van der Waals surface area contributed by atoms with Crippen molar-refractivity contribution < 1.29 is 4.79 Å². The van der Waals surface area contributed by atoms with Crippen molar-refractivity contribution in [2.75, 3.05) is 19.4 Å². The highest BCUT2D eigenvalue weighted by Gasteiger charge is 2.06. The molecule has 0 radical (unpaired) electrons. The number of nitrogens with zero attached hydrogens (tertiary/aromatic N) is 1. The van der Waals surface area contributed by atoms with Gasteiger partial charge in [-0.15, -0.1) is 0 Å². The molecule has 0 heterocycles. The summed E-state index contributed by atoms with van der Waals surface area (Å²) in [5, 5.41) is 3.48. The molecule has 0 aliphatic carbocycles. The molecule has 1 unspecified atom stereocenters. The highest BCUT2D eigenvalue weighted by Crippen LogP contribution is 2.13. The molecule has 3 nitrogen and oxygen atoms in total. The molecule has 1 amide bonds. The fourth-order valence-corrected chi connectivity index (χ4v) is 1.92. The molecule has 1 atom stereocenters. The summed E-state index contributed by atoms with van der Waals surface area (Å²) < 4.78 is 0. The molecule has 0 spiro atoms. The summed E-state index contributed by atoms with van der Waals surface area (Å²) in [5.41, 5.74) is 2.19. The zero-order valence-corrected chi connectivity index (χ0v) is 12.6. The summed E-state index contributed by atoms with van der Waals surface area (Å²) in [4.78, 5) is 13.2. The van der Waals surface area contributed by atoms with E-state index >= 15 is 0 Å². The van der Waals surface area contributed by atoms with Crippen molar-refractivity contribution in [3.63, 3.8) is 0 Å². The summed E-state index contributed by atoms with van der Waals surface area (Å²) in [6, 6.07) is 8.66. The predicted octanol–water partition coefficient (Wildman–Crippen LogP) is 3.31. The standard InChI is InChI=1S/C16H26N2O/c1-5-6-7-13(2)17-15-10-8-14(9-11-15)12-16(19)18(3)4/h8-11,13,17H,5-7,12H2,1-4H3. The number of carbonyl (C=O) groups excluding carboxylic acids is 1. The van der Waals surface area contributed by atoms with Gasteiger partial charge in [-0.25, -0.2) is 0 Å². The third kappa shape index (κ3) is 5.77. The highest BCUT2D eigenvalue weighted by molar-refractivity contribution is 5.78. The maximum Gasteiger partial charge on any atom is 0.226 e. The number of likely N-dealkylation sites (N-methyl/N-ethyl adjacent to an activating group) is 1. The molecule has 0 saturated carbocycles. The molecule has 19 heavy (non-hydrogen) atoms. The third-order valence-corrected chi connectivity index (χ3v) is 3.21. The van der Waals surface area contributed by atoms with Gasteiger partial charge in [0.15, 0.2) is 0 Å². The molecule has 0 aliphatic heterocycles. The maximum absolute atomic E-state index is 11.6. The average molecular weight is 262 g/mol. The van der Waals surface area contributed by atoms with E-state index in [0.29, 0.717) is 12.5 Å². The van der Waals surface area contributed by atoms with Crippen LogP contribution in [-0.2, 0) is 11.2 Å². The first-order valence-electron chi connectivity index (χ1n) is 7.08. The predicted molar refractivity (Wildman–Crippen MR) is 81.4 cm³/mol. The smallest absolute Gasteiger partial charge is 0.226 e. The van der Waals surface area contributed by atoms with Crippen LogP contribution in [0.2, 0.25) is 0 Å². The summed E-state index contributed by atoms with van der Waals surface area (Å²) in [6.07, 6.45) is 4.15. The van der Waals surface area contributed by atoms with Crippen LogP contribution < -0.4 is 5.32 Å². The Bertz CT molecular complexity index is 384. The van der Waals surface area contributed by atoms with Gasteiger partial charge in [-0.2, -0.15) is 0 Å². The van der Waals surface area contributed by atoms with Crippen molar-refractivity contribution in [2.45, 2.75) is 45.6 Å². The Hall–Kier alpha value is -1.51. The van der Waals surface area contributed by atoms with E-state index in [4.69, 9.17) is 0 Å². The Morgan fingerprint density at radius 3 is 2.42 bits per heavy atom. The molecule has 0 fully saturated rings. The first kappa shape index (κ1) is 15.5. The molecule has 1 N–H and O–H groups in total. The number of carbonyl (C=O) groups is 1. The van der Waals surface area contributed by atoms with Crippen LogP contribution in [0.25, 0.3) is 0 Å². The van der Waals surface area contributed by atoms with Crippen LogP contribution >= 0.6 is 0 Å². The molecular weight excluding hydrogens is 236 g/mol. The van der Waals surface area contributed by atoms with Gasteiger partial charge in [0.25, 0.3) is 0 Å². The van der Waals surface area contributed by atoms with Crippen LogP contribution in [0.3, 0.4) is 0 Å². The van der Waals surface area contributed by atoms with Crippen molar-refractivity contribution in [1.29, 1.82) is 0 Å². The Labute approximate surface area is 117 Å². The monoisotopic (exact) mass is 262 g/mol. The van der Waals surface area contributed by atoms with Gasteiger partial charge in [0, 0.05) is 25.8 Å². The fourth-order valence-electron chi connectivity index (χ4n) is 1.92. The highest BCUT2D eigenvalue weighted by atomic mass is 16.2. The lowest BCUT2D eigenvalue weighted by molar-refractivity contribution is -0.127. The van der Waals surface area contributed by atoms with E-state index in [1.54, 1.807) is 19.0 Å². The van der Waals surface area contributed by atoms with E-state index in [-0.39, 0.29) is 5.91 Å². The minimum absolute atomic E-state index is 0.136. The van der Waals surface area contributed by atoms with Crippen LogP contribution in [0.1, 0.15) is 38.7 Å². The van der Waals surface area contributed by atoms with Gasteiger partial charge < -0.3 is 10.2 Å². The summed E-state index contributed by atoms with van der Waals surface area (Å²) >= 11 is 0. The lowest BCUT2D eigenvalue weighted by atomic mass is 10.1. The van der Waals surface area contributed by atoms with Crippen LogP contribution in [0.5, 0.6) is 0 Å². The van der Waals surface area contributed by atoms with Crippen molar-refractivity contribution in [3.05, 3.63) is 29.8 Å². The molecule has 106 valence electrons. The minimum atomic E-state index is 0.136. The van der Waals surface area contributed by atoms with Crippen LogP contribution in [0.15, 0.2) is 24.3 Å². The van der Waals surface area contributed by atoms with Gasteiger partial charge >= 0.3 is 0 Å². The molecule has 1 aromatic rings. The normalized spacial score (nSPS) is 12.0. The summed E-state index contributed by atoms with van der Waals surface area (Å²) in [7, 11) is 3.57. The number of benzene rings is 1. The lowest BCUT2D eigenvalue weighted by Gasteiger charge is -2.15. The number of amides is 1. The SMILES string of the molecule is CCCCC(C)Nc1ccc(CC(=O)N(C)C)cc1. The average Bonchev–Trinajstić information content (AvgIpc) is 2.38. The van der Waals surface area contributed by atoms with Crippen molar-refractivity contribution in [2.24, 2.45) is 0 Å². The van der Waals surface area contributed by atoms with Crippen LogP contribution in [0.4, 0.5) is 5.69 Å². The molecule has 0 saturated heterocycles. The van der Waals surface area contributed by atoms with Gasteiger partial charge in [-0.3, -0.25) is 4.79 Å². The van der Waals surface area contributed by atoms with Gasteiger partial charge in [-0.1, -0.05) is 31.9 Å². The molecule has 0 aliphatic rings. The van der Waals surface area contributed by atoms with E-state index in [0.717, 1.165) is 11.3 Å². The van der Waals surface area contributed by atoms with E-state index in [1.165, 1.54) is 19.3 Å². The second-order valence-corrected chi connectivity index (χ2v) is 5.35. The van der Waals surface area contributed by atoms with Gasteiger partial charge in [0.2, 0.25) is 5.91 Å². The number of hydrogen-bond donors (Lipinski definition) is 1. The Morgan fingerprint density at radius 2 is 1.89 bits per heavy atom. The Morgan fingerprint density at radius 1 is 1.26 bits per heavy atom. The van der Waals surface area contributed by atoms with Crippen molar-refractivity contribution in [1.82, 2.24) is 4.90 Å². The second kappa shape index (κ2) is 7.82. The molecule has 1 aromatic carbocycles. The fraction of sp³-hybridized carbons (Fsp3) is 0.562. The Kier molecular flexibility index (Phi) is 6.40. The van der Waals surface area contributed by atoms with E-state index in [9.17, 15) is 4.79 Å². The van der Waals surface area contributed by atoms with E-state index in [1.807, 2.05) is 12.1 Å². The largest absolute Gasteiger partial charge is 0.383 e. The van der Waals surface area contributed by atoms with Crippen molar-refractivity contribution in [3.8, 4) is 0 Å².